The van der Waals surface area contributed by atoms with Crippen molar-refractivity contribution in [1.82, 2.24) is 4.90 Å². The number of likely N-dealkylation sites (tertiary alicyclic amines) is 1. The van der Waals surface area contributed by atoms with Crippen molar-refractivity contribution in [3.05, 3.63) is 29.8 Å². The quantitative estimate of drug-likeness (QED) is 0.864. The van der Waals surface area contributed by atoms with E-state index in [9.17, 15) is 0 Å². The van der Waals surface area contributed by atoms with Crippen LogP contribution < -0.4 is 10.5 Å². The Morgan fingerprint density at radius 3 is 3.00 bits per heavy atom. The second-order valence-corrected chi connectivity index (χ2v) is 6.43. The average Bonchev–Trinajstić information content (AvgIpc) is 2.45. The lowest BCUT2D eigenvalue weighted by Gasteiger charge is -2.37. The monoisotopic (exact) mass is 286 g/mol. The van der Waals surface area contributed by atoms with Crippen molar-refractivity contribution in [2.24, 2.45) is 11.1 Å². The second-order valence-electron chi connectivity index (χ2n) is 6.43. The molecule has 21 heavy (non-hydrogen) atoms. The fourth-order valence-electron chi connectivity index (χ4n) is 2.84. The van der Waals surface area contributed by atoms with Gasteiger partial charge in [-0.05, 0) is 43.0 Å². The lowest BCUT2D eigenvalue weighted by molar-refractivity contribution is 0.102. The minimum atomic E-state index is 0.385. The van der Waals surface area contributed by atoms with Crippen molar-refractivity contribution in [3.8, 4) is 17.6 Å². The van der Waals surface area contributed by atoms with Gasteiger partial charge in [0.2, 0.25) is 0 Å². The SMILES string of the molecule is CC1(C)CCCN(CCOc2cccc(C#CCN)c2)C1. The Balaban J connectivity index is 1.80. The summed E-state index contributed by atoms with van der Waals surface area (Å²) in [6, 6.07) is 7.90. The molecule has 1 fully saturated rings. The molecule has 1 aromatic rings. The van der Waals surface area contributed by atoms with Crippen LogP contribution in [-0.4, -0.2) is 37.7 Å². The Hall–Kier alpha value is -1.50. The highest BCUT2D eigenvalue weighted by Gasteiger charge is 2.25. The van der Waals surface area contributed by atoms with Crippen molar-refractivity contribution < 1.29 is 4.74 Å². The van der Waals surface area contributed by atoms with E-state index in [1.807, 2.05) is 24.3 Å². The maximum Gasteiger partial charge on any atom is 0.120 e. The van der Waals surface area contributed by atoms with Crippen molar-refractivity contribution in [1.29, 1.82) is 0 Å². The Labute approximate surface area is 128 Å². The number of nitrogens with two attached hydrogens (primary N) is 1. The minimum absolute atomic E-state index is 0.385. The predicted molar refractivity (Wildman–Crippen MR) is 87.3 cm³/mol. The molecule has 0 aromatic heterocycles. The van der Waals surface area contributed by atoms with Gasteiger partial charge in [-0.2, -0.15) is 0 Å². The predicted octanol–water partition coefficient (Wildman–Crippen LogP) is 2.50. The number of piperidine rings is 1. The zero-order valence-corrected chi connectivity index (χ0v) is 13.2. The maximum atomic E-state index is 5.86. The zero-order valence-electron chi connectivity index (χ0n) is 13.2. The van der Waals surface area contributed by atoms with Gasteiger partial charge in [0.25, 0.3) is 0 Å². The molecule has 114 valence electrons. The second kappa shape index (κ2) is 7.49. The summed E-state index contributed by atoms with van der Waals surface area (Å²) in [6.07, 6.45) is 2.61. The molecule has 2 rings (SSSR count). The molecule has 0 aliphatic carbocycles. The van der Waals surface area contributed by atoms with Gasteiger partial charge in [0, 0.05) is 18.7 Å². The molecule has 0 spiro atoms. The van der Waals surface area contributed by atoms with Crippen LogP contribution in [0.2, 0.25) is 0 Å². The molecule has 0 radical (unpaired) electrons. The van der Waals surface area contributed by atoms with Crippen molar-refractivity contribution in [2.75, 3.05) is 32.8 Å². The van der Waals surface area contributed by atoms with Crippen LogP contribution in [0.25, 0.3) is 0 Å². The number of benzene rings is 1. The summed E-state index contributed by atoms with van der Waals surface area (Å²) in [5, 5.41) is 0. The van der Waals surface area contributed by atoms with Gasteiger partial charge in [-0.25, -0.2) is 0 Å². The first-order valence-corrected chi connectivity index (χ1v) is 7.73. The molecule has 3 nitrogen and oxygen atoms in total. The van der Waals surface area contributed by atoms with Gasteiger partial charge in [0.1, 0.15) is 12.4 Å². The Morgan fingerprint density at radius 1 is 1.38 bits per heavy atom. The fourth-order valence-corrected chi connectivity index (χ4v) is 2.84. The smallest absolute Gasteiger partial charge is 0.120 e. The molecule has 2 N–H and O–H groups in total. The van der Waals surface area contributed by atoms with Gasteiger partial charge in [0.05, 0.1) is 6.54 Å². The van der Waals surface area contributed by atoms with Gasteiger partial charge < -0.3 is 10.5 Å². The van der Waals surface area contributed by atoms with Crippen LogP contribution in [-0.2, 0) is 0 Å². The first-order chi connectivity index (χ1) is 10.1. The third-order valence-electron chi connectivity index (χ3n) is 3.82. The van der Waals surface area contributed by atoms with Crippen LogP contribution in [0.5, 0.6) is 5.75 Å². The Kier molecular flexibility index (Phi) is 5.67. The standard InChI is InChI=1S/C18H26N2O/c1-18(2)9-5-11-20(15-18)12-13-21-17-8-3-6-16(14-17)7-4-10-19/h3,6,8,14H,5,9-13,15,19H2,1-2H3. The largest absolute Gasteiger partial charge is 0.492 e. The van der Waals surface area contributed by atoms with Crippen LogP contribution >= 0.6 is 0 Å². The van der Waals surface area contributed by atoms with Crippen LogP contribution in [0.3, 0.4) is 0 Å². The first-order valence-electron chi connectivity index (χ1n) is 7.73. The topological polar surface area (TPSA) is 38.5 Å². The molecule has 0 bridgehead atoms. The van der Waals surface area contributed by atoms with Gasteiger partial charge in [-0.3, -0.25) is 4.90 Å². The normalized spacial score (nSPS) is 17.9. The summed E-state index contributed by atoms with van der Waals surface area (Å²) in [5.41, 5.74) is 6.78. The summed E-state index contributed by atoms with van der Waals surface area (Å²) >= 11 is 0. The molecule has 0 amide bonds. The molecule has 3 heteroatoms. The molecule has 1 aliphatic rings. The molecule has 0 saturated carbocycles. The number of rotatable bonds is 4. The van der Waals surface area contributed by atoms with Gasteiger partial charge >= 0.3 is 0 Å². The molecular weight excluding hydrogens is 260 g/mol. The molecule has 0 unspecified atom stereocenters. The number of ether oxygens (including phenoxy) is 1. The number of hydrogen-bond acceptors (Lipinski definition) is 3. The van der Waals surface area contributed by atoms with Gasteiger partial charge in [-0.1, -0.05) is 31.8 Å². The van der Waals surface area contributed by atoms with E-state index >= 15 is 0 Å². The highest BCUT2D eigenvalue weighted by Crippen LogP contribution is 2.28. The van der Waals surface area contributed by atoms with Crippen LogP contribution in [0.15, 0.2) is 24.3 Å². The van der Waals surface area contributed by atoms with E-state index in [0.717, 1.165) is 24.5 Å². The summed E-state index contributed by atoms with van der Waals surface area (Å²) in [6.45, 7) is 9.15. The average molecular weight is 286 g/mol. The van der Waals surface area contributed by atoms with Crippen LogP contribution in [0.1, 0.15) is 32.3 Å². The van der Waals surface area contributed by atoms with Crippen molar-refractivity contribution in [2.45, 2.75) is 26.7 Å². The van der Waals surface area contributed by atoms with E-state index in [1.54, 1.807) is 0 Å². The lowest BCUT2D eigenvalue weighted by atomic mass is 9.84. The lowest BCUT2D eigenvalue weighted by Crippen LogP contribution is -2.41. The van der Waals surface area contributed by atoms with E-state index in [2.05, 4.69) is 30.6 Å². The summed E-state index contributed by atoms with van der Waals surface area (Å²) in [7, 11) is 0. The molecular formula is C18H26N2O. The summed E-state index contributed by atoms with van der Waals surface area (Å²) in [4.78, 5) is 2.50. The minimum Gasteiger partial charge on any atom is -0.492 e. The molecule has 1 heterocycles. The Morgan fingerprint density at radius 2 is 2.24 bits per heavy atom. The van der Waals surface area contributed by atoms with Crippen LogP contribution in [0.4, 0.5) is 0 Å². The first kappa shape index (κ1) is 15.9. The highest BCUT2D eigenvalue weighted by molar-refractivity contribution is 5.39. The van der Waals surface area contributed by atoms with Gasteiger partial charge in [-0.15, -0.1) is 0 Å². The third-order valence-corrected chi connectivity index (χ3v) is 3.82. The maximum absolute atomic E-state index is 5.86. The highest BCUT2D eigenvalue weighted by atomic mass is 16.5. The van der Waals surface area contributed by atoms with Crippen molar-refractivity contribution in [3.63, 3.8) is 0 Å². The molecule has 0 atom stereocenters. The van der Waals surface area contributed by atoms with E-state index in [1.165, 1.54) is 25.9 Å². The molecule has 1 aliphatic heterocycles. The molecule has 1 aromatic carbocycles. The fraction of sp³-hybridized carbons (Fsp3) is 0.556. The van der Waals surface area contributed by atoms with E-state index in [-0.39, 0.29) is 0 Å². The summed E-state index contributed by atoms with van der Waals surface area (Å²) < 4.78 is 5.86. The van der Waals surface area contributed by atoms with E-state index < -0.39 is 0 Å². The van der Waals surface area contributed by atoms with E-state index in [4.69, 9.17) is 10.5 Å². The van der Waals surface area contributed by atoms with Crippen molar-refractivity contribution >= 4 is 0 Å². The number of hydrogen-bond donors (Lipinski definition) is 1. The number of nitrogens with zero attached hydrogens (tertiary/aromatic N) is 1. The zero-order chi connectivity index (χ0) is 15.1. The molecule has 1 saturated heterocycles. The van der Waals surface area contributed by atoms with Gasteiger partial charge in [0.15, 0.2) is 0 Å². The Bertz CT molecular complexity index is 513. The summed E-state index contributed by atoms with van der Waals surface area (Å²) in [5.74, 6) is 6.78. The van der Waals surface area contributed by atoms with Crippen LogP contribution in [0, 0.1) is 17.3 Å². The van der Waals surface area contributed by atoms with E-state index in [0.29, 0.717) is 12.0 Å². The third kappa shape index (κ3) is 5.41.